The molecule has 0 bridgehead atoms. The van der Waals surface area contributed by atoms with Gasteiger partial charge in [0.25, 0.3) is 0 Å². The number of carboxylic acids is 1. The molecule has 0 radical (unpaired) electrons. The molecule has 0 aromatic carbocycles. The van der Waals surface area contributed by atoms with Crippen LogP contribution in [0.1, 0.15) is 27.6 Å². The maximum absolute atomic E-state index is 12.6. The van der Waals surface area contributed by atoms with Gasteiger partial charge >= 0.3 is 31.0 Å². The fraction of sp³-hybridized carbons (Fsp3) is 0.333. The number of hydrogen-bond donors (Lipinski definition) is 1. The van der Waals surface area contributed by atoms with Crippen molar-refractivity contribution in [3.05, 3.63) is 41.2 Å². The van der Waals surface area contributed by atoms with Crippen LogP contribution in [0.15, 0.2) is 18.5 Å². The van der Waals surface area contributed by atoms with Crippen LogP contribution in [-0.2, 0) is 31.2 Å². The van der Waals surface area contributed by atoms with Crippen LogP contribution < -0.4 is 18.9 Å². The molecule has 2 rings (SSSR count). The van der Waals surface area contributed by atoms with Gasteiger partial charge in [0.15, 0.2) is 5.82 Å². The fourth-order valence-electron chi connectivity index (χ4n) is 1.65. The number of carboxylic acid groups (broad SMARTS) is 1. The van der Waals surface area contributed by atoms with E-state index in [4.69, 9.17) is 9.84 Å². The smallest absolute Gasteiger partial charge is 0.870 e. The molecular weight excluding hydrogens is 344 g/mol. The van der Waals surface area contributed by atoms with Crippen LogP contribution >= 0.6 is 0 Å². The Hall–Kier alpha value is -1.97. The first kappa shape index (κ1) is 25.3. The maximum atomic E-state index is 12.6. The molecule has 0 atom stereocenters. The van der Waals surface area contributed by atoms with Crippen molar-refractivity contribution in [3.8, 4) is 0 Å². The molecule has 2 aromatic heterocycles. The largest absolute Gasteiger partial charge is 1.00 e. The van der Waals surface area contributed by atoms with Gasteiger partial charge in [0.05, 0.1) is 17.9 Å². The summed E-state index contributed by atoms with van der Waals surface area (Å²) in [6.07, 6.45) is -3.36. The Labute approximate surface area is 151 Å². The third-order valence-electron chi connectivity index (χ3n) is 2.77. The minimum absolute atomic E-state index is 0. The van der Waals surface area contributed by atoms with Crippen molar-refractivity contribution in [1.29, 1.82) is 0 Å². The number of hydrogen-bond acceptors (Lipinski definition) is 6. The van der Waals surface area contributed by atoms with Crippen LogP contribution in [-0.4, -0.2) is 41.8 Å². The van der Waals surface area contributed by atoms with Crippen molar-refractivity contribution >= 4 is 5.97 Å². The maximum Gasteiger partial charge on any atom is 1.00 e. The summed E-state index contributed by atoms with van der Waals surface area (Å²) in [6.45, 7) is -0.425. The monoisotopic (exact) mass is 358 g/mol. The van der Waals surface area contributed by atoms with Gasteiger partial charge in [-0.05, 0) is 12.1 Å². The van der Waals surface area contributed by atoms with Crippen molar-refractivity contribution < 1.29 is 57.6 Å². The number of rotatable bonds is 5. The molecule has 0 aliphatic heterocycles. The summed E-state index contributed by atoms with van der Waals surface area (Å²) >= 11 is 0. The average Bonchev–Trinajstić information content (AvgIpc) is 2.83. The molecular formula is C12H14F3LiN4O5. The molecule has 13 heteroatoms. The number of halogens is 3. The van der Waals surface area contributed by atoms with Gasteiger partial charge in [0.2, 0.25) is 0 Å². The van der Waals surface area contributed by atoms with E-state index in [-0.39, 0.29) is 47.7 Å². The number of aromatic nitrogens is 4. The van der Waals surface area contributed by atoms with E-state index in [0.29, 0.717) is 11.9 Å². The van der Waals surface area contributed by atoms with Crippen molar-refractivity contribution in [2.24, 2.45) is 7.05 Å². The van der Waals surface area contributed by atoms with Crippen molar-refractivity contribution in [3.63, 3.8) is 0 Å². The summed E-state index contributed by atoms with van der Waals surface area (Å²) in [7, 11) is 1.62. The number of alkyl halides is 3. The summed E-state index contributed by atoms with van der Waals surface area (Å²) in [5.74, 6) is -0.928. The predicted octanol–water partition coefficient (Wildman–Crippen LogP) is -2.35. The van der Waals surface area contributed by atoms with E-state index in [1.54, 1.807) is 7.05 Å². The average molecular weight is 358 g/mol. The molecule has 0 fully saturated rings. The Morgan fingerprint density at radius 1 is 1.32 bits per heavy atom. The van der Waals surface area contributed by atoms with E-state index >= 15 is 0 Å². The zero-order valence-corrected chi connectivity index (χ0v) is 13.3. The number of carbonyl (C=O) groups is 1. The molecule has 4 N–H and O–H groups in total. The summed E-state index contributed by atoms with van der Waals surface area (Å²) in [5, 5.41) is 12.8. The van der Waals surface area contributed by atoms with Gasteiger partial charge in [0, 0.05) is 7.05 Å². The number of nitrogens with zero attached hydrogens (tertiary/aromatic N) is 4. The van der Waals surface area contributed by atoms with Crippen LogP contribution in [0.25, 0.3) is 0 Å². The van der Waals surface area contributed by atoms with E-state index in [1.165, 1.54) is 11.0 Å². The van der Waals surface area contributed by atoms with E-state index in [9.17, 15) is 18.0 Å². The van der Waals surface area contributed by atoms with Crippen LogP contribution in [0.5, 0.6) is 0 Å². The first-order valence-electron chi connectivity index (χ1n) is 6.00. The summed E-state index contributed by atoms with van der Waals surface area (Å²) in [6, 6.07) is 1.48. The van der Waals surface area contributed by atoms with Gasteiger partial charge in [-0.25, -0.2) is 14.8 Å². The zero-order valence-electron chi connectivity index (χ0n) is 13.3. The van der Waals surface area contributed by atoms with Crippen molar-refractivity contribution in [2.75, 3.05) is 0 Å². The van der Waals surface area contributed by atoms with Crippen molar-refractivity contribution in [2.45, 2.75) is 19.4 Å². The molecule has 0 unspecified atom stereocenters. The number of ether oxygens (including phenoxy) is 1. The Morgan fingerprint density at radius 3 is 2.44 bits per heavy atom. The first-order valence-corrected chi connectivity index (χ1v) is 6.00. The summed E-state index contributed by atoms with van der Waals surface area (Å²) < 4.78 is 44.5. The fourth-order valence-corrected chi connectivity index (χ4v) is 1.65. The van der Waals surface area contributed by atoms with Gasteiger partial charge in [0.1, 0.15) is 18.6 Å². The summed E-state index contributed by atoms with van der Waals surface area (Å²) in [4.78, 5) is 18.2. The molecule has 0 aliphatic rings. The first-order chi connectivity index (χ1) is 10.3. The Balaban J connectivity index is 0. The van der Waals surface area contributed by atoms with Crippen LogP contribution in [0.2, 0.25) is 0 Å². The minimum atomic E-state index is -4.66. The van der Waals surface area contributed by atoms with Gasteiger partial charge in [-0.2, -0.15) is 18.3 Å². The van der Waals surface area contributed by atoms with Gasteiger partial charge in [-0.1, -0.05) is 0 Å². The molecule has 25 heavy (non-hydrogen) atoms. The molecule has 0 saturated carbocycles. The van der Waals surface area contributed by atoms with E-state index in [0.717, 1.165) is 6.07 Å². The second-order valence-electron chi connectivity index (χ2n) is 4.29. The second-order valence-corrected chi connectivity index (χ2v) is 4.29. The Morgan fingerprint density at radius 2 is 1.96 bits per heavy atom. The molecule has 2 heterocycles. The Kier molecular flexibility index (Phi) is 10.2. The predicted molar refractivity (Wildman–Crippen MR) is 71.2 cm³/mol. The molecule has 134 valence electrons. The van der Waals surface area contributed by atoms with E-state index in [2.05, 4.69) is 15.1 Å². The molecule has 0 spiro atoms. The third-order valence-corrected chi connectivity index (χ3v) is 2.77. The van der Waals surface area contributed by atoms with E-state index in [1.807, 2.05) is 0 Å². The third kappa shape index (κ3) is 6.44. The van der Waals surface area contributed by atoms with E-state index < -0.39 is 24.4 Å². The van der Waals surface area contributed by atoms with Crippen LogP contribution in [0.4, 0.5) is 13.2 Å². The van der Waals surface area contributed by atoms with Gasteiger partial charge in [-0.3, -0.25) is 4.68 Å². The minimum Gasteiger partial charge on any atom is -0.870 e. The number of aromatic carboxylic acids is 1. The van der Waals surface area contributed by atoms with Crippen molar-refractivity contribution in [1.82, 2.24) is 19.7 Å². The second kappa shape index (κ2) is 10.1. The molecule has 9 nitrogen and oxygen atoms in total. The molecule has 0 saturated heterocycles. The quantitative estimate of drug-likeness (QED) is 0.587. The molecule has 0 aliphatic carbocycles. The number of aryl methyl sites for hydroxylation is 1. The van der Waals surface area contributed by atoms with Crippen LogP contribution in [0.3, 0.4) is 0 Å². The Bertz CT molecular complexity index is 696. The van der Waals surface area contributed by atoms with Gasteiger partial charge < -0.3 is 20.8 Å². The molecule has 0 amide bonds. The van der Waals surface area contributed by atoms with Crippen LogP contribution in [0, 0.1) is 0 Å². The molecule has 2 aromatic rings. The zero-order chi connectivity index (χ0) is 16.3. The topological polar surface area (TPSA) is 152 Å². The standard InChI is InChI=1S/C12H11F3N4O3.Li.2H2O/c1-19-10(16-6-17-19)5-22-4-8-7(11(20)21)2-3-9(18-8)12(13,14)15;;;/h2-3,6H,4-5H2,1H3,(H,20,21);;2*1H2/q;+1;;/p-1. The van der Waals surface area contributed by atoms with Gasteiger partial charge in [-0.15, -0.1) is 0 Å². The normalized spacial score (nSPS) is 10.2. The number of pyridine rings is 1. The summed E-state index contributed by atoms with van der Waals surface area (Å²) in [5.41, 5.74) is -1.81. The SMILES string of the molecule is Cn1ncnc1COCc1nc(C(F)(F)F)ccc1C(=O)O.O.[Li+].[OH-].